The first-order chi connectivity index (χ1) is 12.2. The fourth-order valence-corrected chi connectivity index (χ4v) is 4.63. The molecule has 0 aliphatic carbocycles. The largest absolute Gasteiger partial charge is 0.461 e. The van der Waals surface area contributed by atoms with Crippen LogP contribution in [0.15, 0.2) is 34.2 Å². The summed E-state index contributed by atoms with van der Waals surface area (Å²) in [5, 5.41) is 14.9. The fourth-order valence-electron chi connectivity index (χ4n) is 2.16. The van der Waals surface area contributed by atoms with Gasteiger partial charge in [-0.3, -0.25) is 0 Å². The van der Waals surface area contributed by atoms with Gasteiger partial charge in [-0.2, -0.15) is 0 Å². The highest BCUT2D eigenvalue weighted by Gasteiger charge is 2.14. The summed E-state index contributed by atoms with van der Waals surface area (Å²) in [5.74, 6) is 0.216. The number of rotatable bonds is 8. The van der Waals surface area contributed by atoms with Gasteiger partial charge >= 0.3 is 5.97 Å². The van der Waals surface area contributed by atoms with Crippen LogP contribution in [0.5, 0.6) is 0 Å². The van der Waals surface area contributed by atoms with Crippen molar-refractivity contribution >= 4 is 40.4 Å². The average molecular weight is 396 g/mol. The molecule has 3 rings (SSSR count). The Hall–Kier alpha value is -1.68. The number of ether oxygens (including phenoxy) is 1. The van der Waals surface area contributed by atoms with Gasteiger partial charge in [0, 0.05) is 10.3 Å². The number of thiazole rings is 1. The Morgan fingerprint density at radius 1 is 1.44 bits per heavy atom. The number of hydrogen-bond donors (Lipinski definition) is 1. The Morgan fingerprint density at radius 2 is 2.32 bits per heavy atom. The Kier molecular flexibility index (Phi) is 6.24. The van der Waals surface area contributed by atoms with E-state index in [9.17, 15) is 9.90 Å². The molecule has 0 aliphatic heterocycles. The zero-order chi connectivity index (χ0) is 17.6. The molecule has 0 fully saturated rings. The summed E-state index contributed by atoms with van der Waals surface area (Å²) < 4.78 is 6.97. The number of aliphatic hydroxyl groups excluding tert-OH is 1. The van der Waals surface area contributed by atoms with E-state index in [1.165, 1.54) is 28.0 Å². The molecule has 3 heterocycles. The Bertz CT molecular complexity index is 827. The lowest BCUT2D eigenvalue weighted by atomic mass is 10.4. The minimum atomic E-state index is -0.392. The number of nitrogens with zero attached hydrogens (tertiary/aromatic N) is 3. The molecule has 0 atom stereocenters. The van der Waals surface area contributed by atoms with Crippen LogP contribution in [-0.2, 0) is 23.6 Å². The number of imidazole rings is 1. The van der Waals surface area contributed by atoms with Crippen molar-refractivity contribution in [2.24, 2.45) is 0 Å². The van der Waals surface area contributed by atoms with Gasteiger partial charge in [0.1, 0.15) is 5.01 Å². The summed E-state index contributed by atoms with van der Waals surface area (Å²) in [6.07, 6.45) is 1.70. The van der Waals surface area contributed by atoms with Crippen LogP contribution in [0.1, 0.15) is 33.0 Å². The van der Waals surface area contributed by atoms with Gasteiger partial charge in [-0.1, -0.05) is 17.8 Å². The second-order valence-corrected chi connectivity index (χ2v) is 7.91. The van der Waals surface area contributed by atoms with Gasteiger partial charge in [-0.15, -0.1) is 22.7 Å². The van der Waals surface area contributed by atoms with Crippen molar-refractivity contribution in [1.29, 1.82) is 0 Å². The Morgan fingerprint density at radius 3 is 3.04 bits per heavy atom. The maximum Gasteiger partial charge on any atom is 0.357 e. The van der Waals surface area contributed by atoms with E-state index in [-0.39, 0.29) is 6.61 Å². The topological polar surface area (TPSA) is 77.2 Å². The van der Waals surface area contributed by atoms with Gasteiger partial charge in [-0.05, 0) is 18.4 Å². The molecule has 0 saturated heterocycles. The highest BCUT2D eigenvalue weighted by atomic mass is 32.2. The average Bonchev–Trinajstić information content (AvgIpc) is 3.35. The highest BCUT2D eigenvalue weighted by Crippen LogP contribution is 2.26. The highest BCUT2D eigenvalue weighted by molar-refractivity contribution is 7.98. The van der Waals surface area contributed by atoms with Gasteiger partial charge < -0.3 is 14.4 Å². The van der Waals surface area contributed by atoms with Crippen LogP contribution in [0.3, 0.4) is 0 Å². The summed E-state index contributed by atoms with van der Waals surface area (Å²) >= 11 is 4.64. The van der Waals surface area contributed by atoms with E-state index in [2.05, 4.69) is 16.0 Å². The predicted octanol–water partition coefficient (Wildman–Crippen LogP) is 3.41. The van der Waals surface area contributed by atoms with Crippen molar-refractivity contribution < 1.29 is 14.6 Å². The first-order valence-corrected chi connectivity index (χ1v) is 10.4. The molecule has 0 spiro atoms. The molecule has 1 N–H and O–H groups in total. The van der Waals surface area contributed by atoms with Crippen LogP contribution in [0.2, 0.25) is 0 Å². The quantitative estimate of drug-likeness (QED) is 0.465. The molecule has 0 aliphatic rings. The van der Waals surface area contributed by atoms with E-state index in [1.807, 2.05) is 16.0 Å². The molecule has 0 bridgehead atoms. The van der Waals surface area contributed by atoms with Crippen molar-refractivity contribution in [2.45, 2.75) is 31.0 Å². The number of aromatic nitrogens is 3. The lowest BCUT2D eigenvalue weighted by molar-refractivity contribution is 0.0520. The van der Waals surface area contributed by atoms with Crippen LogP contribution in [0.25, 0.3) is 0 Å². The Labute approximate surface area is 157 Å². The van der Waals surface area contributed by atoms with E-state index in [0.29, 0.717) is 24.6 Å². The molecule has 9 heteroatoms. The maximum atomic E-state index is 11.7. The van der Waals surface area contributed by atoms with E-state index >= 15 is 0 Å². The van der Waals surface area contributed by atoms with Gasteiger partial charge in [-0.25, -0.2) is 14.8 Å². The monoisotopic (exact) mass is 395 g/mol. The zero-order valence-electron chi connectivity index (χ0n) is 13.5. The van der Waals surface area contributed by atoms with Crippen molar-refractivity contribution in [2.75, 3.05) is 6.61 Å². The molecule has 0 unspecified atom stereocenters. The molecular formula is C16H17N3O3S3. The molecular weight excluding hydrogens is 378 g/mol. The summed E-state index contributed by atoms with van der Waals surface area (Å²) in [6, 6.07) is 4.07. The number of esters is 1. The Balaban J connectivity index is 1.69. The minimum absolute atomic E-state index is 0.0524. The summed E-state index contributed by atoms with van der Waals surface area (Å²) in [6.45, 7) is 2.74. The summed E-state index contributed by atoms with van der Waals surface area (Å²) in [7, 11) is 0. The first-order valence-electron chi connectivity index (χ1n) is 7.63. The molecule has 6 nitrogen and oxygen atoms in total. The number of thioether (sulfide) groups is 1. The van der Waals surface area contributed by atoms with Gasteiger partial charge in [0.15, 0.2) is 10.9 Å². The van der Waals surface area contributed by atoms with Gasteiger partial charge in [0.25, 0.3) is 0 Å². The van der Waals surface area contributed by atoms with E-state index in [0.717, 1.165) is 15.9 Å². The standard InChI is InChI=1S/C16H17N3O3S3/c1-2-22-15(21)13-9-24-14(18-13)10-25-16-17-6-11(8-20)19(16)7-12-4-3-5-23-12/h3-6,9,20H,2,7-8,10H2,1H3. The fraction of sp³-hybridized carbons (Fsp3) is 0.312. The molecule has 0 amide bonds. The van der Waals surface area contributed by atoms with E-state index in [4.69, 9.17) is 4.74 Å². The number of aliphatic hydroxyl groups is 1. The SMILES string of the molecule is CCOC(=O)c1csc(CSc2ncc(CO)n2Cc2cccs2)n1. The summed E-state index contributed by atoms with van der Waals surface area (Å²) in [5.41, 5.74) is 1.13. The minimum Gasteiger partial charge on any atom is -0.461 e. The molecule has 132 valence electrons. The van der Waals surface area contributed by atoms with Gasteiger partial charge in [0.2, 0.25) is 0 Å². The molecule has 3 aromatic rings. The zero-order valence-corrected chi connectivity index (χ0v) is 16.0. The third kappa shape index (κ3) is 4.49. The number of carbonyl (C=O) groups excluding carboxylic acids is 1. The van der Waals surface area contributed by atoms with Crippen LogP contribution < -0.4 is 0 Å². The van der Waals surface area contributed by atoms with Gasteiger partial charge in [0.05, 0.1) is 37.4 Å². The van der Waals surface area contributed by atoms with Crippen molar-refractivity contribution in [3.8, 4) is 0 Å². The predicted molar refractivity (Wildman–Crippen MR) is 99.2 cm³/mol. The van der Waals surface area contributed by atoms with E-state index < -0.39 is 5.97 Å². The second kappa shape index (κ2) is 8.61. The first kappa shape index (κ1) is 18.1. The van der Waals surface area contributed by atoms with Crippen LogP contribution in [0.4, 0.5) is 0 Å². The normalized spacial score (nSPS) is 11.0. The van der Waals surface area contributed by atoms with Crippen molar-refractivity contribution in [3.05, 3.63) is 50.4 Å². The molecule has 0 radical (unpaired) electrons. The van der Waals surface area contributed by atoms with Crippen molar-refractivity contribution in [1.82, 2.24) is 14.5 Å². The number of thiophene rings is 1. The smallest absolute Gasteiger partial charge is 0.357 e. The van der Waals surface area contributed by atoms with Crippen molar-refractivity contribution in [3.63, 3.8) is 0 Å². The van der Waals surface area contributed by atoms with Crippen LogP contribution in [0, 0.1) is 0 Å². The molecule has 3 aromatic heterocycles. The molecule has 0 saturated carbocycles. The lowest BCUT2D eigenvalue weighted by Gasteiger charge is -2.08. The lowest BCUT2D eigenvalue weighted by Crippen LogP contribution is -2.05. The maximum absolute atomic E-state index is 11.7. The van der Waals surface area contributed by atoms with Crippen LogP contribution >= 0.6 is 34.4 Å². The number of hydrogen-bond acceptors (Lipinski definition) is 8. The molecule has 0 aromatic carbocycles. The second-order valence-electron chi connectivity index (χ2n) is 4.99. The van der Waals surface area contributed by atoms with E-state index in [1.54, 1.807) is 29.8 Å². The molecule has 25 heavy (non-hydrogen) atoms. The van der Waals surface area contributed by atoms with Crippen LogP contribution in [-0.4, -0.2) is 32.2 Å². The summed E-state index contributed by atoms with van der Waals surface area (Å²) in [4.78, 5) is 21.6. The third-order valence-electron chi connectivity index (χ3n) is 3.32. The number of carbonyl (C=O) groups is 1. The third-order valence-corrected chi connectivity index (χ3v) is 6.21.